The molecule has 1 atom stereocenters. The molecule has 0 aliphatic carbocycles. The predicted octanol–water partition coefficient (Wildman–Crippen LogP) is 2.07. The fraction of sp³-hybridized carbons (Fsp3) is 0.750. The zero-order valence-electron chi connectivity index (χ0n) is 13.7. The molecular formula is C16H26N4O2S. The Hall–Kier alpha value is -1.05. The van der Waals surface area contributed by atoms with E-state index in [1.54, 1.807) is 11.8 Å². The fourth-order valence-electron chi connectivity index (χ4n) is 3.28. The van der Waals surface area contributed by atoms with Crippen LogP contribution in [0.3, 0.4) is 0 Å². The van der Waals surface area contributed by atoms with Crippen LogP contribution in [0, 0.1) is 0 Å². The summed E-state index contributed by atoms with van der Waals surface area (Å²) < 4.78 is 5.85. The first-order chi connectivity index (χ1) is 11.1. The molecule has 0 bridgehead atoms. The Balaban J connectivity index is 1.63. The molecule has 2 saturated heterocycles. The number of aromatic nitrogens is 2. The summed E-state index contributed by atoms with van der Waals surface area (Å²) in [4.78, 5) is 11.2. The highest BCUT2D eigenvalue weighted by Gasteiger charge is 2.42. The predicted molar refractivity (Wildman–Crippen MR) is 92.8 cm³/mol. The maximum absolute atomic E-state index is 9.73. The monoisotopic (exact) mass is 338 g/mol. The van der Waals surface area contributed by atoms with E-state index in [1.165, 1.54) is 6.42 Å². The van der Waals surface area contributed by atoms with E-state index in [-0.39, 0.29) is 11.7 Å². The van der Waals surface area contributed by atoms with E-state index < -0.39 is 0 Å². The SMILES string of the molecule is CCCCSc1nc(N)cc(N2CCC3(CC2)C[C@@H](O)CO3)n1. The van der Waals surface area contributed by atoms with Crippen molar-refractivity contribution in [2.75, 3.05) is 36.1 Å². The highest BCUT2D eigenvalue weighted by molar-refractivity contribution is 7.99. The average molecular weight is 338 g/mol. The molecule has 6 nitrogen and oxygen atoms in total. The minimum Gasteiger partial charge on any atom is -0.391 e. The van der Waals surface area contributed by atoms with Gasteiger partial charge in [0.2, 0.25) is 0 Å². The van der Waals surface area contributed by atoms with Gasteiger partial charge in [0.15, 0.2) is 5.16 Å². The Bertz CT molecular complexity index is 535. The van der Waals surface area contributed by atoms with Gasteiger partial charge in [-0.05, 0) is 19.3 Å². The van der Waals surface area contributed by atoms with Crippen molar-refractivity contribution in [1.82, 2.24) is 9.97 Å². The number of nitrogen functional groups attached to an aromatic ring is 1. The Labute approximate surface area is 141 Å². The lowest BCUT2D eigenvalue weighted by molar-refractivity contribution is -0.0167. The van der Waals surface area contributed by atoms with Crippen LogP contribution in [-0.4, -0.2) is 52.2 Å². The third kappa shape index (κ3) is 4.08. The normalized spacial score (nSPS) is 23.6. The third-order valence-electron chi connectivity index (χ3n) is 4.63. The lowest BCUT2D eigenvalue weighted by atomic mass is 9.88. The molecular weight excluding hydrogens is 312 g/mol. The van der Waals surface area contributed by atoms with Gasteiger partial charge in [-0.3, -0.25) is 0 Å². The first kappa shape index (κ1) is 16.8. The maximum atomic E-state index is 9.73. The maximum Gasteiger partial charge on any atom is 0.191 e. The van der Waals surface area contributed by atoms with Crippen LogP contribution in [0.5, 0.6) is 0 Å². The molecule has 2 aliphatic rings. The van der Waals surface area contributed by atoms with Gasteiger partial charge in [0.1, 0.15) is 11.6 Å². The van der Waals surface area contributed by atoms with Crippen LogP contribution in [-0.2, 0) is 4.74 Å². The summed E-state index contributed by atoms with van der Waals surface area (Å²) in [6, 6.07) is 1.85. The second-order valence-electron chi connectivity index (χ2n) is 6.47. The van der Waals surface area contributed by atoms with E-state index in [9.17, 15) is 5.11 Å². The van der Waals surface area contributed by atoms with Gasteiger partial charge >= 0.3 is 0 Å². The highest BCUT2D eigenvalue weighted by Crippen LogP contribution is 2.37. The number of hydrogen-bond acceptors (Lipinski definition) is 7. The molecule has 3 heterocycles. The zero-order chi connectivity index (χ0) is 16.3. The Kier molecular flexibility index (Phi) is 5.28. The Morgan fingerprint density at radius 1 is 1.43 bits per heavy atom. The van der Waals surface area contributed by atoms with Crippen molar-refractivity contribution >= 4 is 23.4 Å². The molecule has 0 aromatic carbocycles. The van der Waals surface area contributed by atoms with Gasteiger partial charge in [0.25, 0.3) is 0 Å². The van der Waals surface area contributed by atoms with Crippen molar-refractivity contribution in [2.45, 2.75) is 55.9 Å². The molecule has 0 saturated carbocycles. The zero-order valence-corrected chi connectivity index (χ0v) is 14.5. The molecule has 7 heteroatoms. The van der Waals surface area contributed by atoms with Gasteiger partial charge in [-0.15, -0.1) is 0 Å². The molecule has 1 spiro atoms. The first-order valence-corrected chi connectivity index (χ1v) is 9.43. The van der Waals surface area contributed by atoms with E-state index in [0.717, 1.165) is 55.5 Å². The molecule has 2 aliphatic heterocycles. The van der Waals surface area contributed by atoms with Crippen LogP contribution in [0.4, 0.5) is 11.6 Å². The number of rotatable bonds is 5. The summed E-state index contributed by atoms with van der Waals surface area (Å²) in [5.41, 5.74) is 5.82. The van der Waals surface area contributed by atoms with Gasteiger partial charge in [-0.25, -0.2) is 9.97 Å². The van der Waals surface area contributed by atoms with Gasteiger partial charge < -0.3 is 20.5 Å². The van der Waals surface area contributed by atoms with Gasteiger partial charge in [-0.2, -0.15) is 0 Å². The standard InChI is InChI=1S/C16H26N4O2S/c1-2-3-8-23-15-18-13(17)9-14(19-15)20-6-4-16(5-7-20)10-12(21)11-22-16/h9,12,21H,2-8,10-11H2,1H3,(H2,17,18,19)/t12-/m1/s1. The minimum atomic E-state index is -0.308. The number of piperidine rings is 1. The van der Waals surface area contributed by atoms with Crippen LogP contribution in [0.1, 0.15) is 39.0 Å². The number of thioether (sulfide) groups is 1. The summed E-state index contributed by atoms with van der Waals surface area (Å²) in [6.07, 6.45) is 4.62. The first-order valence-electron chi connectivity index (χ1n) is 8.44. The molecule has 1 aromatic rings. The molecule has 0 radical (unpaired) electrons. The average Bonchev–Trinajstić information content (AvgIpc) is 2.88. The Morgan fingerprint density at radius 2 is 2.22 bits per heavy atom. The minimum absolute atomic E-state index is 0.132. The van der Waals surface area contributed by atoms with Crippen molar-refractivity contribution < 1.29 is 9.84 Å². The smallest absolute Gasteiger partial charge is 0.191 e. The summed E-state index contributed by atoms with van der Waals surface area (Å²) in [6.45, 7) is 4.40. The largest absolute Gasteiger partial charge is 0.391 e. The Morgan fingerprint density at radius 3 is 2.87 bits per heavy atom. The topological polar surface area (TPSA) is 84.5 Å². The molecule has 1 aromatic heterocycles. The molecule has 0 unspecified atom stereocenters. The molecule has 128 valence electrons. The van der Waals surface area contributed by atoms with E-state index in [0.29, 0.717) is 12.4 Å². The van der Waals surface area contributed by atoms with Crippen LogP contribution < -0.4 is 10.6 Å². The van der Waals surface area contributed by atoms with Crippen LogP contribution in [0.2, 0.25) is 0 Å². The molecule has 2 fully saturated rings. The third-order valence-corrected chi connectivity index (χ3v) is 5.56. The number of hydrogen-bond donors (Lipinski definition) is 2. The van der Waals surface area contributed by atoms with E-state index >= 15 is 0 Å². The summed E-state index contributed by atoms with van der Waals surface area (Å²) >= 11 is 1.67. The van der Waals surface area contributed by atoms with E-state index in [1.807, 2.05) is 6.07 Å². The van der Waals surface area contributed by atoms with Crippen LogP contribution in [0.25, 0.3) is 0 Å². The summed E-state index contributed by atoms with van der Waals surface area (Å²) in [7, 11) is 0. The van der Waals surface area contributed by atoms with Crippen molar-refractivity contribution in [3.8, 4) is 0 Å². The lowest BCUT2D eigenvalue weighted by Crippen LogP contribution is -2.44. The number of aliphatic hydroxyl groups excluding tert-OH is 1. The number of nitrogens with zero attached hydrogens (tertiary/aromatic N) is 3. The van der Waals surface area contributed by atoms with Crippen molar-refractivity contribution in [3.05, 3.63) is 6.07 Å². The number of ether oxygens (including phenoxy) is 1. The number of nitrogens with two attached hydrogens (primary N) is 1. The van der Waals surface area contributed by atoms with Crippen molar-refractivity contribution in [1.29, 1.82) is 0 Å². The van der Waals surface area contributed by atoms with Crippen LogP contribution in [0.15, 0.2) is 11.2 Å². The summed E-state index contributed by atoms with van der Waals surface area (Å²) in [5, 5.41) is 10.5. The van der Waals surface area contributed by atoms with E-state index in [2.05, 4.69) is 21.8 Å². The highest BCUT2D eigenvalue weighted by atomic mass is 32.2. The van der Waals surface area contributed by atoms with Gasteiger partial charge in [-0.1, -0.05) is 25.1 Å². The molecule has 0 amide bonds. The van der Waals surface area contributed by atoms with Gasteiger partial charge in [0.05, 0.1) is 18.3 Å². The number of unbranched alkanes of at least 4 members (excludes halogenated alkanes) is 1. The second-order valence-corrected chi connectivity index (χ2v) is 7.54. The fourth-order valence-corrected chi connectivity index (χ4v) is 4.22. The molecule has 3 N–H and O–H groups in total. The van der Waals surface area contributed by atoms with E-state index in [4.69, 9.17) is 10.5 Å². The van der Waals surface area contributed by atoms with Crippen molar-refractivity contribution in [2.24, 2.45) is 0 Å². The lowest BCUT2D eigenvalue weighted by Gasteiger charge is -2.39. The summed E-state index contributed by atoms with van der Waals surface area (Å²) in [5.74, 6) is 2.46. The quantitative estimate of drug-likeness (QED) is 0.483. The van der Waals surface area contributed by atoms with Crippen LogP contribution >= 0.6 is 11.8 Å². The second kappa shape index (κ2) is 7.23. The number of aliphatic hydroxyl groups is 1. The van der Waals surface area contributed by atoms with Crippen molar-refractivity contribution in [3.63, 3.8) is 0 Å². The molecule has 3 rings (SSSR count). The number of anilines is 2. The van der Waals surface area contributed by atoms with Gasteiger partial charge in [0, 0.05) is 31.3 Å². The molecule has 23 heavy (non-hydrogen) atoms.